The fraction of sp³-hybridized carbons (Fsp3) is 0.556. The van der Waals surface area contributed by atoms with Crippen LogP contribution in [0.25, 0.3) is 0 Å². The molecule has 2 aromatic rings. The van der Waals surface area contributed by atoms with Crippen molar-refractivity contribution in [2.75, 3.05) is 25.0 Å². The Balaban J connectivity index is 1.44. The summed E-state index contributed by atoms with van der Waals surface area (Å²) in [5, 5.41) is 3.40. The van der Waals surface area contributed by atoms with Gasteiger partial charge in [0, 0.05) is 19.5 Å². The standard InChI is InChI=1S/C18H24N4O4S2/c1-3-13-9-19-14(26-13)11-27-15-10-20-17(28-15)21-18(24)22-7-5-12(6-8-22)16(23)25-4-2/h9-10,12H,3-8,11H2,1-2H3,(H,20,21,24). The SMILES string of the molecule is CCOC(=O)C1CCN(C(=O)Nc2ncc(SCc3ncc(CC)o3)s2)CC1. The van der Waals surface area contributed by atoms with Crippen LogP contribution in [0.4, 0.5) is 9.93 Å². The third kappa shape index (κ3) is 5.48. The molecule has 0 unspecified atom stereocenters. The number of carbonyl (C=O) groups is 2. The maximum absolute atomic E-state index is 12.4. The summed E-state index contributed by atoms with van der Waals surface area (Å²) >= 11 is 2.99. The first kappa shape index (κ1) is 20.7. The number of oxazole rings is 1. The third-order valence-electron chi connectivity index (χ3n) is 4.39. The van der Waals surface area contributed by atoms with Crippen molar-refractivity contribution in [3.63, 3.8) is 0 Å². The number of amides is 2. The number of hydrogen-bond acceptors (Lipinski definition) is 8. The Kier molecular flexibility index (Phi) is 7.32. The highest BCUT2D eigenvalue weighted by atomic mass is 32.2. The van der Waals surface area contributed by atoms with Gasteiger partial charge < -0.3 is 14.1 Å². The minimum atomic E-state index is -0.187. The van der Waals surface area contributed by atoms with Gasteiger partial charge in [0.05, 0.1) is 34.9 Å². The Hall–Kier alpha value is -2.07. The number of thioether (sulfide) groups is 1. The molecule has 1 fully saturated rings. The van der Waals surface area contributed by atoms with Crippen LogP contribution in [0.15, 0.2) is 21.0 Å². The van der Waals surface area contributed by atoms with Gasteiger partial charge in [-0.15, -0.1) is 11.8 Å². The summed E-state index contributed by atoms with van der Waals surface area (Å²) in [6, 6.07) is -0.187. The first-order valence-electron chi connectivity index (χ1n) is 9.33. The average Bonchev–Trinajstić information content (AvgIpc) is 3.35. The van der Waals surface area contributed by atoms with Gasteiger partial charge in [-0.3, -0.25) is 10.1 Å². The predicted molar refractivity (Wildman–Crippen MR) is 108 cm³/mol. The Morgan fingerprint density at radius 1 is 1.32 bits per heavy atom. The summed E-state index contributed by atoms with van der Waals surface area (Å²) in [7, 11) is 0. The first-order valence-corrected chi connectivity index (χ1v) is 11.1. The molecule has 2 aromatic heterocycles. The lowest BCUT2D eigenvalue weighted by Crippen LogP contribution is -2.42. The number of thiazole rings is 1. The molecule has 0 aromatic carbocycles. The lowest BCUT2D eigenvalue weighted by Gasteiger charge is -2.30. The van der Waals surface area contributed by atoms with Crippen molar-refractivity contribution in [2.24, 2.45) is 5.92 Å². The van der Waals surface area contributed by atoms with Crippen LogP contribution in [0.3, 0.4) is 0 Å². The van der Waals surface area contributed by atoms with Crippen molar-refractivity contribution in [1.82, 2.24) is 14.9 Å². The molecule has 0 aliphatic carbocycles. The number of urea groups is 1. The monoisotopic (exact) mass is 424 g/mol. The summed E-state index contributed by atoms with van der Waals surface area (Å²) in [5.74, 6) is 1.90. The van der Waals surface area contributed by atoms with E-state index in [0.717, 1.165) is 16.4 Å². The zero-order valence-corrected chi connectivity index (χ0v) is 17.6. The number of aryl methyl sites for hydroxylation is 1. The van der Waals surface area contributed by atoms with Gasteiger partial charge in [0.25, 0.3) is 0 Å². The van der Waals surface area contributed by atoms with Crippen LogP contribution in [-0.4, -0.2) is 46.6 Å². The maximum atomic E-state index is 12.4. The van der Waals surface area contributed by atoms with Crippen LogP contribution >= 0.6 is 23.1 Å². The third-order valence-corrected chi connectivity index (χ3v) is 6.48. The van der Waals surface area contributed by atoms with Crippen LogP contribution in [-0.2, 0) is 21.7 Å². The van der Waals surface area contributed by atoms with Crippen molar-refractivity contribution < 1.29 is 18.7 Å². The number of nitrogens with zero attached hydrogens (tertiary/aromatic N) is 3. The molecule has 8 nitrogen and oxygen atoms in total. The Labute approximate surface area is 172 Å². The fourth-order valence-corrected chi connectivity index (χ4v) is 4.56. The number of nitrogens with one attached hydrogen (secondary N) is 1. The van der Waals surface area contributed by atoms with E-state index in [9.17, 15) is 9.59 Å². The minimum absolute atomic E-state index is 0.115. The quantitative estimate of drug-likeness (QED) is 0.533. The molecule has 1 aliphatic rings. The van der Waals surface area contributed by atoms with Gasteiger partial charge in [0.15, 0.2) is 5.13 Å². The highest BCUT2D eigenvalue weighted by Gasteiger charge is 2.28. The molecule has 152 valence electrons. The largest absolute Gasteiger partial charge is 0.466 e. The summed E-state index contributed by atoms with van der Waals surface area (Å²) in [4.78, 5) is 34.4. The first-order chi connectivity index (χ1) is 13.6. The number of aromatic nitrogens is 2. The molecule has 0 atom stereocenters. The molecule has 3 heterocycles. The fourth-order valence-electron chi connectivity index (χ4n) is 2.84. The van der Waals surface area contributed by atoms with E-state index >= 15 is 0 Å². The Bertz CT molecular complexity index is 799. The number of ether oxygens (including phenoxy) is 1. The molecule has 0 radical (unpaired) electrons. The zero-order chi connectivity index (χ0) is 19.9. The molecule has 0 bridgehead atoms. The van der Waals surface area contributed by atoms with E-state index < -0.39 is 0 Å². The summed E-state index contributed by atoms with van der Waals surface area (Å²) in [5.41, 5.74) is 0. The number of anilines is 1. The van der Waals surface area contributed by atoms with E-state index in [1.54, 1.807) is 36.0 Å². The molecular weight excluding hydrogens is 400 g/mol. The molecule has 2 amide bonds. The predicted octanol–water partition coefficient (Wildman–Crippen LogP) is 3.79. The van der Waals surface area contributed by atoms with Gasteiger partial charge >= 0.3 is 12.0 Å². The van der Waals surface area contributed by atoms with Gasteiger partial charge in [-0.1, -0.05) is 18.3 Å². The summed E-state index contributed by atoms with van der Waals surface area (Å²) in [6.07, 6.45) is 5.56. The maximum Gasteiger partial charge on any atom is 0.323 e. The topological polar surface area (TPSA) is 97.6 Å². The normalized spacial score (nSPS) is 14.9. The van der Waals surface area contributed by atoms with Crippen molar-refractivity contribution in [2.45, 2.75) is 43.1 Å². The van der Waals surface area contributed by atoms with Crippen molar-refractivity contribution >= 4 is 40.2 Å². The second-order valence-electron chi connectivity index (χ2n) is 6.29. The van der Waals surface area contributed by atoms with Gasteiger partial charge in [-0.25, -0.2) is 14.8 Å². The molecule has 1 aliphatic heterocycles. The number of piperidine rings is 1. The Morgan fingerprint density at radius 2 is 2.11 bits per heavy atom. The van der Waals surface area contributed by atoms with Gasteiger partial charge in [-0.2, -0.15) is 0 Å². The second kappa shape index (κ2) is 9.92. The molecule has 3 rings (SSSR count). The van der Waals surface area contributed by atoms with Crippen molar-refractivity contribution in [1.29, 1.82) is 0 Å². The van der Waals surface area contributed by atoms with E-state index in [-0.39, 0.29) is 17.9 Å². The average molecular weight is 425 g/mol. The number of likely N-dealkylation sites (tertiary alicyclic amines) is 1. The van der Waals surface area contributed by atoms with Crippen LogP contribution in [0, 0.1) is 5.92 Å². The summed E-state index contributed by atoms with van der Waals surface area (Å²) < 4.78 is 11.6. The van der Waals surface area contributed by atoms with Crippen molar-refractivity contribution in [3.8, 4) is 0 Å². The molecule has 0 spiro atoms. The highest BCUT2D eigenvalue weighted by molar-refractivity contribution is 8.00. The van der Waals surface area contributed by atoms with E-state index in [1.807, 2.05) is 6.92 Å². The number of hydrogen-bond donors (Lipinski definition) is 1. The molecule has 10 heteroatoms. The van der Waals surface area contributed by atoms with E-state index in [2.05, 4.69) is 15.3 Å². The van der Waals surface area contributed by atoms with Gasteiger partial charge in [0.2, 0.25) is 5.89 Å². The minimum Gasteiger partial charge on any atom is -0.466 e. The number of carbonyl (C=O) groups excluding carboxylic acids is 2. The molecule has 1 saturated heterocycles. The Morgan fingerprint density at radius 3 is 2.79 bits per heavy atom. The molecular formula is C18H24N4O4S2. The smallest absolute Gasteiger partial charge is 0.323 e. The molecule has 0 saturated carbocycles. The molecule has 1 N–H and O–H groups in total. The van der Waals surface area contributed by atoms with E-state index in [0.29, 0.717) is 49.3 Å². The van der Waals surface area contributed by atoms with Crippen LogP contribution in [0.5, 0.6) is 0 Å². The number of rotatable bonds is 7. The molecule has 28 heavy (non-hydrogen) atoms. The number of esters is 1. The van der Waals surface area contributed by atoms with Crippen molar-refractivity contribution in [3.05, 3.63) is 24.0 Å². The lowest BCUT2D eigenvalue weighted by molar-refractivity contribution is -0.149. The summed E-state index contributed by atoms with van der Waals surface area (Å²) in [6.45, 7) is 5.28. The van der Waals surface area contributed by atoms with Crippen LogP contribution in [0.2, 0.25) is 0 Å². The van der Waals surface area contributed by atoms with E-state index in [4.69, 9.17) is 9.15 Å². The van der Waals surface area contributed by atoms with Crippen LogP contribution < -0.4 is 5.32 Å². The zero-order valence-electron chi connectivity index (χ0n) is 16.0. The highest BCUT2D eigenvalue weighted by Crippen LogP contribution is 2.31. The lowest BCUT2D eigenvalue weighted by atomic mass is 9.97. The van der Waals surface area contributed by atoms with Gasteiger partial charge in [0.1, 0.15) is 5.76 Å². The second-order valence-corrected chi connectivity index (χ2v) is 8.60. The van der Waals surface area contributed by atoms with Gasteiger partial charge in [-0.05, 0) is 19.8 Å². The van der Waals surface area contributed by atoms with Crippen LogP contribution in [0.1, 0.15) is 38.3 Å². The van der Waals surface area contributed by atoms with E-state index in [1.165, 1.54) is 11.3 Å².